The van der Waals surface area contributed by atoms with E-state index in [0.29, 0.717) is 0 Å². The molecule has 0 aliphatic heterocycles. The molecule has 2 nitrogen and oxygen atoms in total. The van der Waals surface area contributed by atoms with Crippen LogP contribution in [0.3, 0.4) is 0 Å². The number of rotatable bonds is 2. The number of aliphatic hydroxyl groups excluding tert-OH is 1. The highest BCUT2D eigenvalue weighted by Gasteiger charge is 2.12. The molecule has 0 aliphatic carbocycles. The van der Waals surface area contributed by atoms with Gasteiger partial charge in [-0.25, -0.2) is 8.78 Å². The molecular formula is C8H8ClF2NO. The van der Waals surface area contributed by atoms with Crippen LogP contribution < -0.4 is 5.73 Å². The largest absolute Gasteiger partial charge is 0.394 e. The van der Waals surface area contributed by atoms with Gasteiger partial charge in [-0.2, -0.15) is 0 Å². The summed E-state index contributed by atoms with van der Waals surface area (Å²) in [6.45, 7) is -0.346. The summed E-state index contributed by atoms with van der Waals surface area (Å²) in [7, 11) is 0. The topological polar surface area (TPSA) is 46.2 Å². The van der Waals surface area contributed by atoms with Gasteiger partial charge in [0.25, 0.3) is 0 Å². The van der Waals surface area contributed by atoms with Crippen LogP contribution in [0.2, 0.25) is 5.02 Å². The van der Waals surface area contributed by atoms with Crippen LogP contribution in [0.1, 0.15) is 11.6 Å². The SMILES string of the molecule is NC(CO)c1cc(F)c(F)c(Cl)c1. The van der Waals surface area contributed by atoms with E-state index in [0.717, 1.165) is 6.07 Å². The van der Waals surface area contributed by atoms with Gasteiger partial charge in [0.15, 0.2) is 11.6 Å². The third-order valence-corrected chi connectivity index (χ3v) is 1.91. The fourth-order valence-corrected chi connectivity index (χ4v) is 1.11. The lowest BCUT2D eigenvalue weighted by Gasteiger charge is -2.09. The number of hydrogen-bond donors (Lipinski definition) is 2. The molecule has 0 heterocycles. The normalized spacial score (nSPS) is 13.0. The maximum atomic E-state index is 12.7. The Kier molecular flexibility index (Phi) is 3.19. The van der Waals surface area contributed by atoms with Gasteiger partial charge in [0.05, 0.1) is 17.7 Å². The molecule has 0 saturated heterocycles. The standard InChI is InChI=1S/C8H8ClF2NO/c9-5-1-4(7(12)3-13)2-6(10)8(5)11/h1-2,7,13H,3,12H2. The van der Waals surface area contributed by atoms with E-state index in [1.54, 1.807) is 0 Å². The van der Waals surface area contributed by atoms with E-state index >= 15 is 0 Å². The average molecular weight is 208 g/mol. The van der Waals surface area contributed by atoms with Crippen molar-refractivity contribution in [3.8, 4) is 0 Å². The van der Waals surface area contributed by atoms with E-state index < -0.39 is 17.7 Å². The zero-order chi connectivity index (χ0) is 10.0. The third-order valence-electron chi connectivity index (χ3n) is 1.63. The van der Waals surface area contributed by atoms with Gasteiger partial charge in [-0.05, 0) is 17.7 Å². The minimum absolute atomic E-state index is 0.270. The first-order valence-corrected chi connectivity index (χ1v) is 3.95. The quantitative estimate of drug-likeness (QED) is 0.724. The minimum Gasteiger partial charge on any atom is -0.394 e. The van der Waals surface area contributed by atoms with Crippen molar-refractivity contribution < 1.29 is 13.9 Å². The van der Waals surface area contributed by atoms with Gasteiger partial charge in [-0.3, -0.25) is 0 Å². The van der Waals surface area contributed by atoms with Crippen LogP contribution in [0.5, 0.6) is 0 Å². The smallest absolute Gasteiger partial charge is 0.177 e. The van der Waals surface area contributed by atoms with Crippen LogP contribution in [0.4, 0.5) is 8.78 Å². The predicted molar refractivity (Wildman–Crippen MR) is 45.4 cm³/mol. The molecule has 1 atom stereocenters. The molecule has 0 saturated carbocycles. The molecule has 0 aromatic heterocycles. The van der Waals surface area contributed by atoms with Crippen LogP contribution in [0, 0.1) is 11.6 Å². The lowest BCUT2D eigenvalue weighted by molar-refractivity contribution is 0.267. The number of aliphatic hydroxyl groups is 1. The Morgan fingerprint density at radius 2 is 2.08 bits per heavy atom. The lowest BCUT2D eigenvalue weighted by atomic mass is 10.1. The third kappa shape index (κ3) is 2.15. The Hall–Kier alpha value is -0.710. The summed E-state index contributed by atoms with van der Waals surface area (Å²) < 4.78 is 25.4. The zero-order valence-electron chi connectivity index (χ0n) is 6.60. The number of halogens is 3. The van der Waals surface area contributed by atoms with Gasteiger partial charge < -0.3 is 10.8 Å². The second kappa shape index (κ2) is 4.00. The highest BCUT2D eigenvalue weighted by molar-refractivity contribution is 6.30. The van der Waals surface area contributed by atoms with Crippen molar-refractivity contribution >= 4 is 11.6 Å². The molecule has 1 unspecified atom stereocenters. The maximum Gasteiger partial charge on any atom is 0.177 e. The van der Waals surface area contributed by atoms with Gasteiger partial charge in [-0.1, -0.05) is 11.6 Å². The predicted octanol–water partition coefficient (Wildman–Crippen LogP) is 1.61. The molecule has 0 bridgehead atoms. The fraction of sp³-hybridized carbons (Fsp3) is 0.250. The summed E-state index contributed by atoms with van der Waals surface area (Å²) >= 11 is 5.37. The summed E-state index contributed by atoms with van der Waals surface area (Å²) in [6.07, 6.45) is 0. The van der Waals surface area contributed by atoms with Crippen LogP contribution in [0.25, 0.3) is 0 Å². The van der Waals surface area contributed by atoms with Crippen LogP contribution >= 0.6 is 11.6 Å². The average Bonchev–Trinajstić information content (AvgIpc) is 2.12. The maximum absolute atomic E-state index is 12.7. The molecule has 1 aromatic carbocycles. The summed E-state index contributed by atoms with van der Waals surface area (Å²) in [4.78, 5) is 0. The Morgan fingerprint density at radius 3 is 2.54 bits per heavy atom. The van der Waals surface area contributed by atoms with Crippen LogP contribution in [0.15, 0.2) is 12.1 Å². The van der Waals surface area contributed by atoms with E-state index in [1.807, 2.05) is 0 Å². The van der Waals surface area contributed by atoms with Crippen molar-refractivity contribution in [1.82, 2.24) is 0 Å². The van der Waals surface area contributed by atoms with Gasteiger partial charge in [-0.15, -0.1) is 0 Å². The molecular weight excluding hydrogens is 200 g/mol. The fourth-order valence-electron chi connectivity index (χ4n) is 0.895. The minimum atomic E-state index is -1.10. The monoisotopic (exact) mass is 207 g/mol. The van der Waals surface area contributed by atoms with E-state index in [9.17, 15) is 8.78 Å². The van der Waals surface area contributed by atoms with Crippen molar-refractivity contribution in [1.29, 1.82) is 0 Å². The first kappa shape index (κ1) is 10.4. The second-order valence-electron chi connectivity index (χ2n) is 2.59. The summed E-state index contributed by atoms with van der Waals surface area (Å²) in [5, 5.41) is 8.32. The van der Waals surface area contributed by atoms with Gasteiger partial charge in [0, 0.05) is 0 Å². The molecule has 3 N–H and O–H groups in total. The van der Waals surface area contributed by atoms with Crippen LogP contribution in [-0.4, -0.2) is 11.7 Å². The molecule has 0 amide bonds. The number of hydrogen-bond acceptors (Lipinski definition) is 2. The van der Waals surface area contributed by atoms with E-state index in [-0.39, 0.29) is 17.2 Å². The molecule has 13 heavy (non-hydrogen) atoms. The van der Waals surface area contributed by atoms with Gasteiger partial charge >= 0.3 is 0 Å². The van der Waals surface area contributed by atoms with Crippen molar-refractivity contribution in [2.45, 2.75) is 6.04 Å². The molecule has 5 heteroatoms. The lowest BCUT2D eigenvalue weighted by Crippen LogP contribution is -2.14. The Bertz CT molecular complexity index is 296. The molecule has 0 radical (unpaired) electrons. The summed E-state index contributed by atoms with van der Waals surface area (Å²) in [6, 6.07) is 1.37. The summed E-state index contributed by atoms with van der Waals surface area (Å²) in [5.41, 5.74) is 5.65. The van der Waals surface area contributed by atoms with Gasteiger partial charge in [0.1, 0.15) is 0 Å². The van der Waals surface area contributed by atoms with E-state index in [1.165, 1.54) is 6.07 Å². The summed E-state index contributed by atoms with van der Waals surface area (Å²) in [5.74, 6) is -2.16. The molecule has 0 aliphatic rings. The van der Waals surface area contributed by atoms with Gasteiger partial charge in [0.2, 0.25) is 0 Å². The second-order valence-corrected chi connectivity index (χ2v) is 2.99. The van der Waals surface area contributed by atoms with Crippen molar-refractivity contribution in [2.24, 2.45) is 5.73 Å². The van der Waals surface area contributed by atoms with E-state index in [4.69, 9.17) is 22.4 Å². The molecule has 0 fully saturated rings. The van der Waals surface area contributed by atoms with E-state index in [2.05, 4.69) is 0 Å². The molecule has 72 valence electrons. The number of nitrogens with two attached hydrogens (primary N) is 1. The number of benzene rings is 1. The highest BCUT2D eigenvalue weighted by atomic mass is 35.5. The highest BCUT2D eigenvalue weighted by Crippen LogP contribution is 2.22. The Balaban J connectivity index is 3.13. The van der Waals surface area contributed by atoms with Crippen molar-refractivity contribution in [3.05, 3.63) is 34.4 Å². The molecule has 1 rings (SSSR count). The van der Waals surface area contributed by atoms with Crippen LogP contribution in [-0.2, 0) is 0 Å². The first-order chi connectivity index (χ1) is 6.06. The molecule has 1 aromatic rings. The zero-order valence-corrected chi connectivity index (χ0v) is 7.35. The van der Waals surface area contributed by atoms with Crippen molar-refractivity contribution in [2.75, 3.05) is 6.61 Å². The first-order valence-electron chi connectivity index (χ1n) is 3.57. The molecule has 0 spiro atoms. The Morgan fingerprint density at radius 1 is 1.46 bits per heavy atom. The Labute approximate surface area is 78.9 Å². The van der Waals surface area contributed by atoms with Crippen molar-refractivity contribution in [3.63, 3.8) is 0 Å².